The van der Waals surface area contributed by atoms with E-state index >= 15 is 0 Å². The van der Waals surface area contributed by atoms with E-state index in [0.717, 1.165) is 40.1 Å². The number of hydrogen-bond donors (Lipinski definition) is 2. The first kappa shape index (κ1) is 18.8. The highest BCUT2D eigenvalue weighted by Crippen LogP contribution is 2.60. The minimum atomic E-state index is -0.257. The van der Waals surface area contributed by atoms with Gasteiger partial charge in [-0.15, -0.1) is 0 Å². The van der Waals surface area contributed by atoms with Crippen LogP contribution in [0.25, 0.3) is 10.8 Å². The maximum Gasteiger partial charge on any atom is 0.291 e. The highest BCUT2D eigenvalue weighted by molar-refractivity contribution is 6.03. The Hall–Kier alpha value is -2.95. The largest absolute Gasteiger partial charge is 0.291 e. The molecular weight excluding hydrogens is 384 g/mol. The quantitative estimate of drug-likeness (QED) is 0.458. The van der Waals surface area contributed by atoms with Crippen molar-refractivity contribution in [2.24, 2.45) is 22.9 Å². The maximum atomic E-state index is 12.7. The van der Waals surface area contributed by atoms with Crippen LogP contribution in [0.2, 0.25) is 0 Å². The Morgan fingerprint density at radius 1 is 1.00 bits per heavy atom. The second kappa shape index (κ2) is 7.04. The predicted molar refractivity (Wildman–Crippen MR) is 122 cm³/mol. The Bertz CT molecular complexity index is 1160. The first-order valence-electron chi connectivity index (χ1n) is 11.5. The van der Waals surface area contributed by atoms with Gasteiger partial charge in [-0.3, -0.25) is 9.89 Å². The Labute approximate surface area is 182 Å². The number of carbonyl (C=O) groups excluding carboxylic acids is 1. The van der Waals surface area contributed by atoms with Crippen LogP contribution in [-0.2, 0) is 5.41 Å². The molecule has 31 heavy (non-hydrogen) atoms. The number of amides is 1. The summed E-state index contributed by atoms with van der Waals surface area (Å²) < 4.78 is 0. The van der Waals surface area contributed by atoms with Crippen LogP contribution in [0.4, 0.5) is 0 Å². The molecule has 5 nitrogen and oxygen atoms in total. The van der Waals surface area contributed by atoms with Crippen LogP contribution in [0, 0.1) is 17.8 Å². The molecule has 3 aromatic rings. The lowest BCUT2D eigenvalue weighted by Gasteiger charge is -2.56. The number of rotatable bonds is 4. The molecular formula is C26H28N4O. The zero-order chi connectivity index (χ0) is 21.0. The number of nitrogens with one attached hydrogen (secondary N) is 2. The molecule has 0 unspecified atom stereocenters. The van der Waals surface area contributed by atoms with Crippen LogP contribution >= 0.6 is 0 Å². The molecule has 0 atom stereocenters. The van der Waals surface area contributed by atoms with Crippen molar-refractivity contribution in [1.82, 2.24) is 15.6 Å². The Morgan fingerprint density at radius 3 is 2.39 bits per heavy atom. The second-order valence-electron chi connectivity index (χ2n) is 10.1. The van der Waals surface area contributed by atoms with Crippen LogP contribution < -0.4 is 5.43 Å². The Morgan fingerprint density at radius 2 is 1.68 bits per heavy atom. The topological polar surface area (TPSA) is 70.1 Å². The molecule has 0 radical (unpaired) electrons. The standard InChI is InChI=1S/C26H28N4O/c1-16(21-7-6-20-4-2-3-5-22(20)11-21)27-30-25(31)23-12-24(29-28-23)26-13-17-8-18(14-26)10-19(9-17)15-26/h2-7,11-12,17-19H,8-10,13-15H2,1H3,(H,28,29)(H,30,31). The molecule has 4 bridgehead atoms. The van der Waals surface area contributed by atoms with Gasteiger partial charge in [0.05, 0.1) is 5.71 Å². The average Bonchev–Trinajstić information content (AvgIpc) is 3.27. The van der Waals surface area contributed by atoms with Gasteiger partial charge in [-0.2, -0.15) is 10.2 Å². The van der Waals surface area contributed by atoms with Crippen LogP contribution in [0.15, 0.2) is 53.6 Å². The van der Waals surface area contributed by atoms with E-state index in [4.69, 9.17) is 0 Å². The highest BCUT2D eigenvalue weighted by atomic mass is 16.2. The molecule has 0 spiro atoms. The number of benzene rings is 2. The molecule has 2 N–H and O–H groups in total. The fourth-order valence-electron chi connectivity index (χ4n) is 6.82. The molecule has 4 saturated carbocycles. The summed E-state index contributed by atoms with van der Waals surface area (Å²) in [6.07, 6.45) is 7.97. The predicted octanol–water partition coefficient (Wildman–Crippen LogP) is 5.18. The third-order valence-electron chi connectivity index (χ3n) is 7.91. The number of carbonyl (C=O) groups is 1. The van der Waals surface area contributed by atoms with Crippen molar-refractivity contribution >= 4 is 22.4 Å². The summed E-state index contributed by atoms with van der Waals surface area (Å²) in [4.78, 5) is 12.7. The summed E-state index contributed by atoms with van der Waals surface area (Å²) >= 11 is 0. The lowest BCUT2D eigenvalue weighted by Crippen LogP contribution is -2.48. The molecule has 5 heteroatoms. The molecule has 2 aromatic carbocycles. The molecule has 158 valence electrons. The third-order valence-corrected chi connectivity index (χ3v) is 7.91. The fraction of sp³-hybridized carbons (Fsp3) is 0.423. The zero-order valence-corrected chi connectivity index (χ0v) is 17.9. The van der Waals surface area contributed by atoms with E-state index in [1.54, 1.807) is 0 Å². The molecule has 4 fully saturated rings. The van der Waals surface area contributed by atoms with Crippen molar-refractivity contribution in [3.8, 4) is 0 Å². The van der Waals surface area contributed by atoms with Gasteiger partial charge in [-0.05, 0) is 91.7 Å². The monoisotopic (exact) mass is 412 g/mol. The lowest BCUT2D eigenvalue weighted by atomic mass is 9.49. The summed E-state index contributed by atoms with van der Waals surface area (Å²) in [6, 6.07) is 16.4. The van der Waals surface area contributed by atoms with Crippen molar-refractivity contribution in [3.05, 3.63) is 65.5 Å². The molecule has 4 aliphatic carbocycles. The maximum absolute atomic E-state index is 12.7. The third kappa shape index (κ3) is 3.27. The van der Waals surface area contributed by atoms with E-state index < -0.39 is 0 Å². The van der Waals surface area contributed by atoms with Crippen molar-refractivity contribution in [1.29, 1.82) is 0 Å². The normalized spacial score (nSPS) is 29.5. The summed E-state index contributed by atoms with van der Waals surface area (Å²) in [5.41, 5.74) is 6.27. The molecule has 0 aliphatic heterocycles. The number of hydrazone groups is 1. The number of H-pyrrole nitrogens is 1. The van der Waals surface area contributed by atoms with Crippen molar-refractivity contribution < 1.29 is 4.79 Å². The number of aromatic amines is 1. The first-order chi connectivity index (χ1) is 15.1. The van der Waals surface area contributed by atoms with E-state index in [0.29, 0.717) is 5.69 Å². The van der Waals surface area contributed by atoms with Crippen LogP contribution in [0.1, 0.15) is 67.2 Å². The van der Waals surface area contributed by atoms with Gasteiger partial charge in [-0.25, -0.2) is 5.43 Å². The van der Waals surface area contributed by atoms with Gasteiger partial charge < -0.3 is 0 Å². The van der Waals surface area contributed by atoms with Gasteiger partial charge in [0.2, 0.25) is 0 Å². The van der Waals surface area contributed by atoms with Gasteiger partial charge >= 0.3 is 0 Å². The fourth-order valence-corrected chi connectivity index (χ4v) is 6.82. The summed E-state index contributed by atoms with van der Waals surface area (Å²) in [7, 11) is 0. The smallest absolute Gasteiger partial charge is 0.281 e. The van der Waals surface area contributed by atoms with Crippen molar-refractivity contribution in [3.63, 3.8) is 0 Å². The Kier molecular flexibility index (Phi) is 4.27. The van der Waals surface area contributed by atoms with Crippen LogP contribution in [0.5, 0.6) is 0 Å². The van der Waals surface area contributed by atoms with Gasteiger partial charge in [0.25, 0.3) is 5.91 Å². The molecule has 1 amide bonds. The van der Waals surface area contributed by atoms with E-state index in [9.17, 15) is 4.79 Å². The zero-order valence-electron chi connectivity index (χ0n) is 17.9. The summed E-state index contributed by atoms with van der Waals surface area (Å²) in [5, 5.41) is 14.3. The number of fused-ring (bicyclic) bond motifs is 1. The van der Waals surface area contributed by atoms with E-state index in [1.165, 1.54) is 43.9 Å². The highest BCUT2D eigenvalue weighted by Gasteiger charge is 2.52. The van der Waals surface area contributed by atoms with Gasteiger partial charge in [-0.1, -0.05) is 36.4 Å². The van der Waals surface area contributed by atoms with Crippen LogP contribution in [0.3, 0.4) is 0 Å². The van der Waals surface area contributed by atoms with E-state index in [-0.39, 0.29) is 11.3 Å². The second-order valence-corrected chi connectivity index (χ2v) is 10.1. The molecule has 0 saturated heterocycles. The van der Waals surface area contributed by atoms with Crippen molar-refractivity contribution in [2.75, 3.05) is 0 Å². The molecule has 1 heterocycles. The Balaban J connectivity index is 1.18. The number of nitrogens with zero attached hydrogens (tertiary/aromatic N) is 2. The van der Waals surface area contributed by atoms with Crippen molar-refractivity contribution in [2.45, 2.75) is 50.9 Å². The van der Waals surface area contributed by atoms with E-state index in [2.05, 4.69) is 45.0 Å². The van der Waals surface area contributed by atoms with Crippen LogP contribution in [-0.4, -0.2) is 21.8 Å². The first-order valence-corrected chi connectivity index (χ1v) is 11.5. The van der Waals surface area contributed by atoms with Gasteiger partial charge in [0.1, 0.15) is 0 Å². The number of aromatic nitrogens is 2. The molecule has 7 rings (SSSR count). The average molecular weight is 413 g/mol. The summed E-state index contributed by atoms with van der Waals surface area (Å²) in [6.45, 7) is 1.91. The molecule has 1 aromatic heterocycles. The van der Waals surface area contributed by atoms with Gasteiger partial charge in [0.15, 0.2) is 5.69 Å². The molecule has 4 aliphatic rings. The minimum absolute atomic E-state index is 0.213. The lowest BCUT2D eigenvalue weighted by molar-refractivity contribution is -0.00721. The number of hydrogen-bond acceptors (Lipinski definition) is 3. The minimum Gasteiger partial charge on any atom is -0.281 e. The SMILES string of the molecule is CC(=NNC(=O)c1cc(C23CC4CC(CC(C4)C2)C3)[nH]n1)c1ccc2ccccc2c1. The van der Waals surface area contributed by atoms with E-state index in [1.807, 2.05) is 31.2 Å². The van der Waals surface area contributed by atoms with Gasteiger partial charge in [0, 0.05) is 11.1 Å². The summed E-state index contributed by atoms with van der Waals surface area (Å²) in [5.74, 6) is 2.33.